The van der Waals surface area contributed by atoms with E-state index in [-0.39, 0.29) is 17.8 Å². The number of nitrogens with zero attached hydrogens (tertiary/aromatic N) is 5. The van der Waals surface area contributed by atoms with Gasteiger partial charge in [0.15, 0.2) is 0 Å². The van der Waals surface area contributed by atoms with E-state index in [1.165, 1.54) is 6.33 Å². The molecule has 10 heteroatoms. The molecular weight excluding hydrogens is 492 g/mol. The lowest BCUT2D eigenvalue weighted by Crippen LogP contribution is -2.24. The van der Waals surface area contributed by atoms with Crippen LogP contribution < -0.4 is 5.32 Å². The highest BCUT2D eigenvalue weighted by Gasteiger charge is 2.24. The van der Waals surface area contributed by atoms with Crippen LogP contribution in [0.1, 0.15) is 53.2 Å². The molecule has 1 amide bonds. The first kappa shape index (κ1) is 24.3. The quantitative estimate of drug-likeness (QED) is 0.312. The highest BCUT2D eigenvalue weighted by molar-refractivity contribution is 6.31. The van der Waals surface area contributed by atoms with Crippen molar-refractivity contribution in [2.75, 3.05) is 0 Å². The van der Waals surface area contributed by atoms with Crippen molar-refractivity contribution >= 4 is 29.3 Å². The molecule has 0 unspecified atom stereocenters. The van der Waals surface area contributed by atoms with E-state index < -0.39 is 5.91 Å². The lowest BCUT2D eigenvalue weighted by molar-refractivity contribution is 0.0937. The highest BCUT2D eigenvalue weighted by Crippen LogP contribution is 2.30. The van der Waals surface area contributed by atoms with E-state index >= 15 is 0 Å². The molecule has 0 saturated heterocycles. The Kier molecular flexibility index (Phi) is 6.31. The number of halogens is 1. The summed E-state index contributed by atoms with van der Waals surface area (Å²) in [5, 5.41) is 11.4. The highest BCUT2D eigenvalue weighted by atomic mass is 35.5. The minimum Gasteiger partial charge on any atom is -0.345 e. The van der Waals surface area contributed by atoms with Gasteiger partial charge in [0.2, 0.25) is 5.89 Å². The average Bonchev–Trinajstić information content (AvgIpc) is 3.56. The van der Waals surface area contributed by atoms with E-state index in [1.54, 1.807) is 16.6 Å². The molecule has 3 aromatic heterocycles. The maximum Gasteiger partial charge on any atom is 0.292 e. The number of nitrogens with one attached hydrogen (secondary N) is 1. The summed E-state index contributed by atoms with van der Waals surface area (Å²) in [5.41, 5.74) is 5.23. The molecule has 1 N–H and O–H groups in total. The van der Waals surface area contributed by atoms with Gasteiger partial charge in [0, 0.05) is 39.9 Å². The number of carbonyl (C=O) groups excluding carboxylic acids is 2. The number of fused-ring (bicyclic) bond motifs is 1. The maximum atomic E-state index is 12.5. The van der Waals surface area contributed by atoms with Gasteiger partial charge in [-0.15, -0.1) is 0 Å². The molecule has 0 atom stereocenters. The third-order valence-corrected chi connectivity index (χ3v) is 6.17. The molecule has 186 valence electrons. The molecule has 0 radical (unpaired) electrons. The van der Waals surface area contributed by atoms with Crippen molar-refractivity contribution in [1.29, 1.82) is 0 Å². The zero-order valence-electron chi connectivity index (χ0n) is 20.4. The Morgan fingerprint density at radius 2 is 1.84 bits per heavy atom. The minimum atomic E-state index is -0.446. The van der Waals surface area contributed by atoms with Crippen LogP contribution in [0.2, 0.25) is 5.02 Å². The van der Waals surface area contributed by atoms with Crippen LogP contribution >= 0.6 is 11.6 Å². The summed E-state index contributed by atoms with van der Waals surface area (Å²) in [6.07, 6.45) is 4.21. The maximum absolute atomic E-state index is 12.5. The van der Waals surface area contributed by atoms with Crippen molar-refractivity contribution in [3.05, 3.63) is 88.9 Å². The van der Waals surface area contributed by atoms with Gasteiger partial charge in [-0.05, 0) is 23.3 Å². The second-order valence-electron chi connectivity index (χ2n) is 9.57. The van der Waals surface area contributed by atoms with Crippen molar-refractivity contribution in [3.8, 4) is 22.4 Å². The Balaban J connectivity index is 1.36. The van der Waals surface area contributed by atoms with Crippen LogP contribution in [0.15, 0.2) is 65.6 Å². The molecular formula is C27H23ClN6O3. The lowest BCUT2D eigenvalue weighted by Gasteiger charge is -2.10. The summed E-state index contributed by atoms with van der Waals surface area (Å²) in [6, 6.07) is 14.9. The predicted molar refractivity (Wildman–Crippen MR) is 138 cm³/mol. The van der Waals surface area contributed by atoms with Crippen molar-refractivity contribution in [1.82, 2.24) is 30.1 Å². The fourth-order valence-electron chi connectivity index (χ4n) is 3.78. The standard InChI is InChI=1S/C27H23ClN6O3/c1-27(2,3)26-32-24(33-37-26)25(36)29-12-19-9-8-18(10-21(19)28)23-22-11-20(13-34(22)31-15-30-23)17-6-4-16(14-35)5-7-17/h4-11,13-15H,12H2,1-3H3,(H,29,36). The zero-order valence-corrected chi connectivity index (χ0v) is 21.2. The molecule has 0 aliphatic rings. The van der Waals surface area contributed by atoms with Crippen LogP contribution in [0, 0.1) is 0 Å². The molecule has 2 aromatic carbocycles. The van der Waals surface area contributed by atoms with Crippen LogP contribution in [0.5, 0.6) is 0 Å². The van der Waals surface area contributed by atoms with Gasteiger partial charge in [-0.3, -0.25) is 9.59 Å². The van der Waals surface area contributed by atoms with Crippen LogP contribution in [0.25, 0.3) is 27.9 Å². The molecule has 37 heavy (non-hydrogen) atoms. The van der Waals surface area contributed by atoms with Gasteiger partial charge >= 0.3 is 0 Å². The topological polar surface area (TPSA) is 115 Å². The van der Waals surface area contributed by atoms with E-state index in [2.05, 4.69) is 25.5 Å². The number of amides is 1. The normalized spacial score (nSPS) is 11.6. The predicted octanol–water partition coefficient (Wildman–Crippen LogP) is 5.14. The SMILES string of the molecule is CC(C)(C)c1nc(C(=O)NCc2ccc(-c3ncnn4cc(-c5ccc(C=O)cc5)cc34)cc2Cl)no1. The second-order valence-corrected chi connectivity index (χ2v) is 9.98. The fraction of sp³-hybridized carbons (Fsp3) is 0.185. The summed E-state index contributed by atoms with van der Waals surface area (Å²) in [6.45, 7) is 5.98. The lowest BCUT2D eigenvalue weighted by atomic mass is 9.97. The summed E-state index contributed by atoms with van der Waals surface area (Å²) < 4.78 is 6.94. The molecule has 9 nitrogen and oxygen atoms in total. The number of hydrogen-bond donors (Lipinski definition) is 1. The molecule has 0 aliphatic carbocycles. The van der Waals surface area contributed by atoms with Crippen molar-refractivity contribution in [3.63, 3.8) is 0 Å². The molecule has 0 spiro atoms. The van der Waals surface area contributed by atoms with Crippen molar-refractivity contribution in [2.24, 2.45) is 0 Å². The number of aromatic nitrogens is 5. The summed E-state index contributed by atoms with van der Waals surface area (Å²) in [5.74, 6) is -0.0765. The van der Waals surface area contributed by atoms with Gasteiger partial charge < -0.3 is 9.84 Å². The number of rotatable bonds is 6. The molecule has 0 bridgehead atoms. The van der Waals surface area contributed by atoms with Crippen molar-refractivity contribution in [2.45, 2.75) is 32.7 Å². The molecule has 3 heterocycles. The Morgan fingerprint density at radius 3 is 2.51 bits per heavy atom. The van der Waals surface area contributed by atoms with E-state index in [0.29, 0.717) is 22.2 Å². The monoisotopic (exact) mass is 514 g/mol. The van der Waals surface area contributed by atoms with Crippen LogP contribution in [0.3, 0.4) is 0 Å². The van der Waals surface area contributed by atoms with E-state index in [4.69, 9.17) is 16.1 Å². The van der Waals surface area contributed by atoms with Crippen LogP contribution in [-0.4, -0.2) is 36.9 Å². The first-order chi connectivity index (χ1) is 17.7. The fourth-order valence-corrected chi connectivity index (χ4v) is 4.02. The van der Waals surface area contributed by atoms with E-state index in [1.807, 2.05) is 63.4 Å². The van der Waals surface area contributed by atoms with Crippen LogP contribution in [0.4, 0.5) is 0 Å². The van der Waals surface area contributed by atoms with Crippen molar-refractivity contribution < 1.29 is 14.1 Å². The molecule has 5 aromatic rings. The molecule has 0 aliphatic heterocycles. The average molecular weight is 515 g/mol. The number of hydrogen-bond acceptors (Lipinski definition) is 7. The second kappa shape index (κ2) is 9.59. The minimum absolute atomic E-state index is 0.0223. The van der Waals surface area contributed by atoms with Crippen LogP contribution in [-0.2, 0) is 12.0 Å². The Bertz CT molecular complexity index is 1620. The largest absolute Gasteiger partial charge is 0.345 e. The first-order valence-corrected chi connectivity index (χ1v) is 11.9. The smallest absolute Gasteiger partial charge is 0.292 e. The number of benzene rings is 2. The van der Waals surface area contributed by atoms with Gasteiger partial charge in [0.05, 0.1) is 11.2 Å². The third-order valence-electron chi connectivity index (χ3n) is 5.82. The van der Waals surface area contributed by atoms with Gasteiger partial charge in [-0.1, -0.05) is 73.9 Å². The van der Waals surface area contributed by atoms with Gasteiger partial charge in [-0.2, -0.15) is 10.1 Å². The van der Waals surface area contributed by atoms with E-state index in [0.717, 1.165) is 34.1 Å². The Morgan fingerprint density at radius 1 is 1.08 bits per heavy atom. The first-order valence-electron chi connectivity index (χ1n) is 11.5. The number of carbonyl (C=O) groups is 2. The molecule has 5 rings (SSSR count). The third kappa shape index (κ3) is 4.99. The Hall–Kier alpha value is -4.37. The summed E-state index contributed by atoms with van der Waals surface area (Å²) in [7, 11) is 0. The summed E-state index contributed by atoms with van der Waals surface area (Å²) in [4.78, 5) is 32.1. The number of aldehydes is 1. The Labute approximate surface area is 217 Å². The summed E-state index contributed by atoms with van der Waals surface area (Å²) >= 11 is 6.57. The van der Waals surface area contributed by atoms with Gasteiger partial charge in [-0.25, -0.2) is 9.50 Å². The molecule has 0 saturated carbocycles. The van der Waals surface area contributed by atoms with Gasteiger partial charge in [0.1, 0.15) is 12.6 Å². The van der Waals surface area contributed by atoms with E-state index in [9.17, 15) is 9.59 Å². The zero-order chi connectivity index (χ0) is 26.2. The molecule has 0 fully saturated rings. The van der Waals surface area contributed by atoms with Gasteiger partial charge in [0.25, 0.3) is 11.7 Å².